The maximum atomic E-state index is 13.0. The molecule has 0 aliphatic heterocycles. The minimum Gasteiger partial charge on any atom is -0.496 e. The van der Waals surface area contributed by atoms with Crippen LogP contribution in [0, 0.1) is 16.1 Å². The van der Waals surface area contributed by atoms with Crippen molar-refractivity contribution in [2.24, 2.45) is 0 Å². The van der Waals surface area contributed by atoms with Gasteiger partial charge in [-0.25, -0.2) is 4.98 Å². The summed E-state index contributed by atoms with van der Waals surface area (Å²) in [6, 6.07) is 6.23. The lowest BCUT2D eigenvalue weighted by Gasteiger charge is -2.07. The van der Waals surface area contributed by atoms with Crippen LogP contribution in [0.2, 0.25) is 0 Å². The lowest BCUT2D eigenvalue weighted by atomic mass is 10.2. The number of anilines is 1. The number of rotatable bonds is 4. The molecular weight excluding hydrogens is 281 g/mol. The smallest absolute Gasteiger partial charge is 0.296 e. The highest BCUT2D eigenvalue weighted by Gasteiger charge is 2.18. The Morgan fingerprint density at radius 3 is 2.76 bits per heavy atom. The van der Waals surface area contributed by atoms with Crippen molar-refractivity contribution in [1.29, 1.82) is 0 Å². The third kappa shape index (κ3) is 3.30. The predicted octanol–water partition coefficient (Wildman–Crippen LogP) is 2.39. The summed E-state index contributed by atoms with van der Waals surface area (Å²) in [6.07, 6.45) is 1.13. The normalized spacial score (nSPS) is 10.0. The van der Waals surface area contributed by atoms with E-state index in [0.29, 0.717) is 0 Å². The average molecular weight is 291 g/mol. The summed E-state index contributed by atoms with van der Waals surface area (Å²) >= 11 is 0. The van der Waals surface area contributed by atoms with Gasteiger partial charge in [0.05, 0.1) is 18.1 Å². The molecule has 1 aromatic heterocycles. The fourth-order valence-corrected chi connectivity index (χ4v) is 1.63. The maximum Gasteiger partial charge on any atom is 0.296 e. The molecule has 0 aliphatic carbocycles. The van der Waals surface area contributed by atoms with E-state index in [-0.39, 0.29) is 22.7 Å². The van der Waals surface area contributed by atoms with Crippen molar-refractivity contribution in [1.82, 2.24) is 4.98 Å². The topological polar surface area (TPSA) is 94.4 Å². The first-order valence-electron chi connectivity index (χ1n) is 5.76. The van der Waals surface area contributed by atoms with Gasteiger partial charge >= 0.3 is 0 Å². The number of nitro groups is 1. The summed E-state index contributed by atoms with van der Waals surface area (Å²) in [5.74, 6) is -1.20. The molecule has 0 spiro atoms. The Kier molecular flexibility index (Phi) is 4.07. The van der Waals surface area contributed by atoms with Gasteiger partial charge in [-0.15, -0.1) is 0 Å². The van der Waals surface area contributed by atoms with Crippen LogP contribution in [0.15, 0.2) is 36.5 Å². The Morgan fingerprint density at radius 2 is 2.14 bits per heavy atom. The van der Waals surface area contributed by atoms with Crippen LogP contribution in [0.4, 0.5) is 15.8 Å². The first-order valence-corrected chi connectivity index (χ1v) is 5.76. The summed E-state index contributed by atoms with van der Waals surface area (Å²) in [5, 5.41) is 13.3. The second-order valence-corrected chi connectivity index (χ2v) is 3.96. The molecule has 0 radical (unpaired) electrons. The lowest BCUT2D eigenvalue weighted by molar-refractivity contribution is -0.384. The summed E-state index contributed by atoms with van der Waals surface area (Å²) in [7, 11) is 1.37. The van der Waals surface area contributed by atoms with E-state index in [0.717, 1.165) is 12.3 Å². The van der Waals surface area contributed by atoms with Gasteiger partial charge in [-0.2, -0.15) is 4.39 Å². The number of aromatic nitrogens is 1. The zero-order valence-corrected chi connectivity index (χ0v) is 10.9. The first-order chi connectivity index (χ1) is 10.0. The third-order valence-electron chi connectivity index (χ3n) is 2.64. The Bertz CT molecular complexity index is 706. The molecule has 0 saturated heterocycles. The fraction of sp³-hybridized carbons (Fsp3) is 0.0769. The number of pyridine rings is 1. The molecule has 1 heterocycles. The number of benzene rings is 1. The highest BCUT2D eigenvalue weighted by Crippen LogP contribution is 2.29. The largest absolute Gasteiger partial charge is 0.496 e. The third-order valence-corrected chi connectivity index (χ3v) is 2.64. The standard InChI is InChI=1S/C13H10FN3O4/c1-21-9-2-3-10(11(7-9)17(19)20)16-13(18)8-4-5-15-12(14)6-8/h2-7H,1H3,(H,16,18). The second-order valence-electron chi connectivity index (χ2n) is 3.96. The van der Waals surface area contributed by atoms with Crippen molar-refractivity contribution in [2.45, 2.75) is 0 Å². The highest BCUT2D eigenvalue weighted by molar-refractivity contribution is 6.05. The number of hydrogen-bond acceptors (Lipinski definition) is 5. The van der Waals surface area contributed by atoms with Crippen molar-refractivity contribution in [3.05, 3.63) is 58.2 Å². The van der Waals surface area contributed by atoms with Crippen LogP contribution in [0.1, 0.15) is 10.4 Å². The zero-order chi connectivity index (χ0) is 15.4. The van der Waals surface area contributed by atoms with Gasteiger partial charge in [0.15, 0.2) is 0 Å². The molecule has 0 atom stereocenters. The number of methoxy groups -OCH3 is 1. The van der Waals surface area contributed by atoms with Crippen molar-refractivity contribution >= 4 is 17.3 Å². The van der Waals surface area contributed by atoms with Crippen LogP contribution in [-0.4, -0.2) is 22.9 Å². The van der Waals surface area contributed by atoms with Crippen LogP contribution in [0.3, 0.4) is 0 Å². The van der Waals surface area contributed by atoms with Gasteiger partial charge in [0.25, 0.3) is 11.6 Å². The van der Waals surface area contributed by atoms with Crippen molar-refractivity contribution in [3.8, 4) is 5.75 Å². The highest BCUT2D eigenvalue weighted by atomic mass is 19.1. The molecule has 0 saturated carbocycles. The molecule has 21 heavy (non-hydrogen) atoms. The Hall–Kier alpha value is -3.03. The van der Waals surface area contributed by atoms with Crippen LogP contribution < -0.4 is 10.1 Å². The van der Waals surface area contributed by atoms with E-state index < -0.39 is 16.8 Å². The number of carbonyl (C=O) groups is 1. The predicted molar refractivity (Wildman–Crippen MR) is 71.8 cm³/mol. The molecule has 0 fully saturated rings. The van der Waals surface area contributed by atoms with E-state index in [4.69, 9.17) is 4.74 Å². The van der Waals surface area contributed by atoms with Crippen molar-refractivity contribution in [3.63, 3.8) is 0 Å². The second kappa shape index (κ2) is 5.95. The number of nitrogens with zero attached hydrogens (tertiary/aromatic N) is 2. The van der Waals surface area contributed by atoms with Gasteiger partial charge < -0.3 is 10.1 Å². The number of halogens is 1. The number of ether oxygens (including phenoxy) is 1. The summed E-state index contributed by atoms with van der Waals surface area (Å²) in [4.78, 5) is 25.6. The Labute approximate surface area is 118 Å². The molecule has 108 valence electrons. The zero-order valence-electron chi connectivity index (χ0n) is 10.9. The number of hydrogen-bond donors (Lipinski definition) is 1. The molecule has 7 nitrogen and oxygen atoms in total. The molecule has 0 aliphatic rings. The van der Waals surface area contributed by atoms with E-state index in [9.17, 15) is 19.3 Å². The molecule has 0 unspecified atom stereocenters. The van der Waals surface area contributed by atoms with Gasteiger partial charge in [-0.05, 0) is 18.2 Å². The van der Waals surface area contributed by atoms with Gasteiger partial charge in [0.2, 0.25) is 5.95 Å². The average Bonchev–Trinajstić information content (AvgIpc) is 2.47. The van der Waals surface area contributed by atoms with Gasteiger partial charge in [0.1, 0.15) is 11.4 Å². The lowest BCUT2D eigenvalue weighted by Crippen LogP contribution is -2.13. The van der Waals surface area contributed by atoms with Crippen molar-refractivity contribution < 1.29 is 18.8 Å². The Balaban J connectivity index is 2.31. The molecule has 2 rings (SSSR count). The number of carbonyl (C=O) groups excluding carboxylic acids is 1. The van der Waals surface area contributed by atoms with Gasteiger partial charge in [-0.1, -0.05) is 0 Å². The van der Waals surface area contributed by atoms with E-state index in [1.807, 2.05) is 0 Å². The molecular formula is C13H10FN3O4. The van der Waals surface area contributed by atoms with Crippen LogP contribution in [0.25, 0.3) is 0 Å². The van der Waals surface area contributed by atoms with E-state index in [1.165, 1.54) is 31.4 Å². The van der Waals surface area contributed by atoms with Gasteiger partial charge in [0, 0.05) is 17.8 Å². The fourth-order valence-electron chi connectivity index (χ4n) is 1.63. The molecule has 2 aromatic rings. The Morgan fingerprint density at radius 1 is 1.38 bits per heavy atom. The molecule has 1 amide bonds. The summed E-state index contributed by atoms with van der Waals surface area (Å²) in [6.45, 7) is 0. The quantitative estimate of drug-likeness (QED) is 0.530. The minimum absolute atomic E-state index is 0.00705. The van der Waals surface area contributed by atoms with Crippen LogP contribution in [-0.2, 0) is 0 Å². The molecule has 1 aromatic carbocycles. The molecule has 8 heteroatoms. The monoisotopic (exact) mass is 291 g/mol. The first kappa shape index (κ1) is 14.4. The summed E-state index contributed by atoms with van der Waals surface area (Å²) in [5.41, 5.74) is -0.326. The van der Waals surface area contributed by atoms with Crippen LogP contribution in [0.5, 0.6) is 5.75 Å². The van der Waals surface area contributed by atoms with E-state index in [2.05, 4.69) is 10.3 Å². The molecule has 1 N–H and O–H groups in total. The van der Waals surface area contributed by atoms with Gasteiger partial charge in [-0.3, -0.25) is 14.9 Å². The van der Waals surface area contributed by atoms with E-state index in [1.54, 1.807) is 0 Å². The summed E-state index contributed by atoms with van der Waals surface area (Å²) < 4.78 is 17.8. The SMILES string of the molecule is COc1ccc(NC(=O)c2ccnc(F)c2)c([N+](=O)[O-])c1. The number of amides is 1. The molecule has 0 bridgehead atoms. The minimum atomic E-state index is -0.813. The van der Waals surface area contributed by atoms with E-state index >= 15 is 0 Å². The number of nitro benzene ring substituents is 1. The maximum absolute atomic E-state index is 13.0. The van der Waals surface area contributed by atoms with Crippen LogP contribution >= 0.6 is 0 Å². The van der Waals surface area contributed by atoms with Crippen molar-refractivity contribution in [2.75, 3.05) is 12.4 Å². The number of nitrogens with one attached hydrogen (secondary N) is 1.